The minimum absolute atomic E-state index is 0.0820. The van der Waals surface area contributed by atoms with Gasteiger partial charge in [0.05, 0.1) is 4.90 Å². The molecule has 0 spiro atoms. The van der Waals surface area contributed by atoms with Crippen molar-refractivity contribution in [3.63, 3.8) is 0 Å². The summed E-state index contributed by atoms with van der Waals surface area (Å²) in [7, 11) is -3.67. The highest BCUT2D eigenvalue weighted by molar-refractivity contribution is 7.89. The summed E-state index contributed by atoms with van der Waals surface area (Å²) in [5, 5.41) is 0. The number of hydrogen-bond acceptors (Lipinski definition) is 5. The van der Waals surface area contributed by atoms with Crippen molar-refractivity contribution in [3.05, 3.63) is 53.6 Å². The van der Waals surface area contributed by atoms with E-state index in [0.717, 1.165) is 43.1 Å². The lowest BCUT2D eigenvalue weighted by atomic mass is 10.2. The van der Waals surface area contributed by atoms with Crippen molar-refractivity contribution >= 4 is 21.6 Å². The molecule has 0 atom stereocenters. The van der Waals surface area contributed by atoms with E-state index >= 15 is 0 Å². The van der Waals surface area contributed by atoms with E-state index in [1.165, 1.54) is 0 Å². The summed E-state index contributed by atoms with van der Waals surface area (Å²) in [6, 6.07) is 12.5. The van der Waals surface area contributed by atoms with Crippen LogP contribution in [0.2, 0.25) is 0 Å². The number of sulfonamides is 1. The smallest absolute Gasteiger partial charge is 0.241 e. The zero-order valence-electron chi connectivity index (χ0n) is 19.1. The second kappa shape index (κ2) is 10.9. The van der Waals surface area contributed by atoms with Crippen LogP contribution < -0.4 is 14.4 Å². The summed E-state index contributed by atoms with van der Waals surface area (Å²) in [5.41, 5.74) is 2.22. The molecular weight excluding hydrogens is 426 g/mol. The fourth-order valence-corrected chi connectivity index (χ4v) is 5.06. The number of likely N-dealkylation sites (N-methyl/N-ethyl adjacent to an activating group) is 1. The predicted molar refractivity (Wildman–Crippen MR) is 127 cm³/mol. The average molecular weight is 460 g/mol. The molecule has 1 aliphatic heterocycles. The van der Waals surface area contributed by atoms with Gasteiger partial charge in [0, 0.05) is 31.7 Å². The molecule has 1 heterocycles. The van der Waals surface area contributed by atoms with Crippen LogP contribution in [0.1, 0.15) is 37.8 Å². The number of nitrogens with zero attached hydrogens (tertiary/aromatic N) is 2. The normalized spacial score (nSPS) is 14.4. The van der Waals surface area contributed by atoms with Gasteiger partial charge in [-0.3, -0.25) is 4.79 Å². The number of aryl methyl sites for hydroxylation is 1. The van der Waals surface area contributed by atoms with E-state index in [1.807, 2.05) is 24.3 Å². The molecule has 174 valence electrons. The zero-order valence-corrected chi connectivity index (χ0v) is 20.0. The number of carbonyl (C=O) groups is 1. The van der Waals surface area contributed by atoms with Gasteiger partial charge < -0.3 is 14.5 Å². The molecule has 32 heavy (non-hydrogen) atoms. The van der Waals surface area contributed by atoms with E-state index < -0.39 is 10.0 Å². The van der Waals surface area contributed by atoms with E-state index in [1.54, 1.807) is 30.0 Å². The third kappa shape index (κ3) is 6.09. The molecule has 1 amide bonds. The minimum atomic E-state index is -3.67. The fourth-order valence-electron chi connectivity index (χ4n) is 3.82. The van der Waals surface area contributed by atoms with Gasteiger partial charge in [0.1, 0.15) is 12.4 Å². The summed E-state index contributed by atoms with van der Waals surface area (Å²) in [6.45, 7) is 10.4. The third-order valence-electron chi connectivity index (χ3n) is 5.79. The van der Waals surface area contributed by atoms with E-state index in [0.29, 0.717) is 25.1 Å². The van der Waals surface area contributed by atoms with Crippen molar-refractivity contribution < 1.29 is 17.9 Å². The van der Waals surface area contributed by atoms with Crippen LogP contribution in [0.5, 0.6) is 5.75 Å². The lowest BCUT2D eigenvalue weighted by Crippen LogP contribution is -2.27. The molecule has 1 N–H and O–H groups in total. The number of rotatable bonds is 11. The molecule has 0 bridgehead atoms. The molecule has 0 aromatic heterocycles. The highest BCUT2D eigenvalue weighted by Crippen LogP contribution is 2.26. The SMILES string of the molecule is CCN(CC)CCOc1ccc(CNS(=O)(=O)c2ccc(N3CCCC3=O)cc2C)cc1. The van der Waals surface area contributed by atoms with Gasteiger partial charge in [-0.25, -0.2) is 13.1 Å². The molecule has 3 rings (SSSR count). The largest absolute Gasteiger partial charge is 0.492 e. The van der Waals surface area contributed by atoms with Crippen molar-refractivity contribution in [3.8, 4) is 5.75 Å². The molecule has 1 fully saturated rings. The lowest BCUT2D eigenvalue weighted by Gasteiger charge is -2.18. The van der Waals surface area contributed by atoms with Gasteiger partial charge in [-0.15, -0.1) is 0 Å². The maximum absolute atomic E-state index is 12.8. The summed E-state index contributed by atoms with van der Waals surface area (Å²) in [4.78, 5) is 16.2. The molecule has 2 aromatic rings. The summed E-state index contributed by atoms with van der Waals surface area (Å²) < 4.78 is 34.1. The summed E-state index contributed by atoms with van der Waals surface area (Å²) >= 11 is 0. The highest BCUT2D eigenvalue weighted by atomic mass is 32.2. The van der Waals surface area contributed by atoms with E-state index in [9.17, 15) is 13.2 Å². The first kappa shape index (κ1) is 24.2. The molecule has 0 aliphatic carbocycles. The van der Waals surface area contributed by atoms with Crippen LogP contribution in [0.25, 0.3) is 0 Å². The first-order chi connectivity index (χ1) is 15.3. The monoisotopic (exact) mass is 459 g/mol. The first-order valence-electron chi connectivity index (χ1n) is 11.2. The Labute approximate surface area is 191 Å². The standard InChI is InChI=1S/C24H33N3O4S/c1-4-26(5-2)15-16-31-22-11-8-20(9-12-22)18-25-32(29,30)23-13-10-21(17-19(23)3)27-14-6-7-24(27)28/h8-13,17,25H,4-7,14-16,18H2,1-3H3. The number of ether oxygens (including phenoxy) is 1. The lowest BCUT2D eigenvalue weighted by molar-refractivity contribution is -0.117. The van der Waals surface area contributed by atoms with Crippen LogP contribution in [0.15, 0.2) is 47.4 Å². The second-order valence-corrected chi connectivity index (χ2v) is 9.68. The fraction of sp³-hybridized carbons (Fsp3) is 0.458. The second-order valence-electron chi connectivity index (χ2n) is 7.94. The molecule has 2 aromatic carbocycles. The van der Waals surface area contributed by atoms with Gasteiger partial charge in [0.15, 0.2) is 0 Å². The summed E-state index contributed by atoms with van der Waals surface area (Å²) in [5.74, 6) is 0.852. The van der Waals surface area contributed by atoms with Gasteiger partial charge in [-0.2, -0.15) is 0 Å². The van der Waals surface area contributed by atoms with E-state index in [-0.39, 0.29) is 17.3 Å². The maximum Gasteiger partial charge on any atom is 0.241 e. The topological polar surface area (TPSA) is 79.0 Å². The minimum Gasteiger partial charge on any atom is -0.492 e. The van der Waals surface area contributed by atoms with Crippen molar-refractivity contribution in [2.45, 2.75) is 45.1 Å². The first-order valence-corrected chi connectivity index (χ1v) is 12.7. The molecule has 0 unspecified atom stereocenters. The van der Waals surface area contributed by atoms with Gasteiger partial charge in [0.25, 0.3) is 0 Å². The predicted octanol–water partition coefficient (Wildman–Crippen LogP) is 3.32. The molecule has 0 radical (unpaired) electrons. The molecule has 1 saturated heterocycles. The Kier molecular flexibility index (Phi) is 8.28. The Morgan fingerprint density at radius 3 is 2.41 bits per heavy atom. The zero-order chi connectivity index (χ0) is 23.1. The van der Waals surface area contributed by atoms with Crippen LogP contribution >= 0.6 is 0 Å². The van der Waals surface area contributed by atoms with Crippen molar-refractivity contribution in [2.75, 3.05) is 37.7 Å². The Morgan fingerprint density at radius 2 is 1.81 bits per heavy atom. The Hall–Kier alpha value is -2.42. The van der Waals surface area contributed by atoms with Crippen LogP contribution in [-0.2, 0) is 21.4 Å². The van der Waals surface area contributed by atoms with Gasteiger partial charge in [-0.1, -0.05) is 26.0 Å². The molecular formula is C24H33N3O4S. The summed E-state index contributed by atoms with van der Waals surface area (Å²) in [6.07, 6.45) is 1.37. The number of anilines is 1. The Balaban J connectivity index is 1.57. The van der Waals surface area contributed by atoms with Gasteiger partial charge >= 0.3 is 0 Å². The molecule has 1 aliphatic rings. The van der Waals surface area contributed by atoms with Crippen molar-refractivity contribution in [1.29, 1.82) is 0 Å². The number of benzene rings is 2. The quantitative estimate of drug-likeness (QED) is 0.558. The van der Waals surface area contributed by atoms with E-state index in [2.05, 4.69) is 23.5 Å². The Morgan fingerprint density at radius 1 is 1.09 bits per heavy atom. The van der Waals surface area contributed by atoms with E-state index in [4.69, 9.17) is 4.74 Å². The third-order valence-corrected chi connectivity index (χ3v) is 7.35. The number of amides is 1. The number of carbonyl (C=O) groups excluding carboxylic acids is 1. The molecule has 7 nitrogen and oxygen atoms in total. The van der Waals surface area contributed by atoms with Crippen LogP contribution in [0.4, 0.5) is 5.69 Å². The molecule has 8 heteroatoms. The molecule has 0 saturated carbocycles. The Bertz CT molecular complexity index is 1020. The highest BCUT2D eigenvalue weighted by Gasteiger charge is 2.23. The van der Waals surface area contributed by atoms with Crippen LogP contribution in [-0.4, -0.2) is 52.0 Å². The number of hydrogen-bond donors (Lipinski definition) is 1. The van der Waals surface area contributed by atoms with Crippen molar-refractivity contribution in [2.24, 2.45) is 0 Å². The van der Waals surface area contributed by atoms with Crippen LogP contribution in [0.3, 0.4) is 0 Å². The van der Waals surface area contributed by atoms with Gasteiger partial charge in [-0.05, 0) is 67.9 Å². The van der Waals surface area contributed by atoms with Gasteiger partial charge in [0.2, 0.25) is 15.9 Å². The number of nitrogens with one attached hydrogen (secondary N) is 1. The average Bonchev–Trinajstić information content (AvgIpc) is 3.22. The maximum atomic E-state index is 12.8. The van der Waals surface area contributed by atoms with Crippen molar-refractivity contribution in [1.82, 2.24) is 9.62 Å². The van der Waals surface area contributed by atoms with Crippen LogP contribution in [0, 0.1) is 6.92 Å².